The second kappa shape index (κ2) is 9.85. The predicted octanol–water partition coefficient (Wildman–Crippen LogP) is 0.395. The fourth-order valence-corrected chi connectivity index (χ4v) is 1.18. The Morgan fingerprint density at radius 3 is 1.50 bits per heavy atom. The molecule has 0 bridgehead atoms. The lowest BCUT2D eigenvalue weighted by Gasteiger charge is -2.07. The third-order valence-electron chi connectivity index (χ3n) is 1.99. The standard InChI is InChI=1S/C12H22O6/c1-9(13)7-11(15)17-5-3-4-6-18-12(16)8-10(2)14/h9-10,13-14H,3-8H2,1-2H3. The highest BCUT2D eigenvalue weighted by molar-refractivity contribution is 5.70. The third-order valence-corrected chi connectivity index (χ3v) is 1.99. The Kier molecular flexibility index (Phi) is 9.22. The van der Waals surface area contributed by atoms with Crippen molar-refractivity contribution in [1.82, 2.24) is 0 Å². The third kappa shape index (κ3) is 11.3. The van der Waals surface area contributed by atoms with Gasteiger partial charge in [-0.25, -0.2) is 0 Å². The number of aliphatic hydroxyl groups excluding tert-OH is 2. The maximum absolute atomic E-state index is 11.0. The van der Waals surface area contributed by atoms with Gasteiger partial charge in [0.2, 0.25) is 0 Å². The van der Waals surface area contributed by atoms with Crippen molar-refractivity contribution < 1.29 is 29.3 Å². The van der Waals surface area contributed by atoms with Gasteiger partial charge in [-0.1, -0.05) is 0 Å². The van der Waals surface area contributed by atoms with E-state index >= 15 is 0 Å². The van der Waals surface area contributed by atoms with Gasteiger partial charge in [0.1, 0.15) is 0 Å². The van der Waals surface area contributed by atoms with E-state index in [2.05, 4.69) is 0 Å². The quantitative estimate of drug-likeness (QED) is 0.461. The Morgan fingerprint density at radius 1 is 0.889 bits per heavy atom. The van der Waals surface area contributed by atoms with Crippen LogP contribution in [0.2, 0.25) is 0 Å². The Bertz CT molecular complexity index is 223. The van der Waals surface area contributed by atoms with Crippen LogP contribution < -0.4 is 0 Å². The van der Waals surface area contributed by atoms with Gasteiger partial charge in [-0.2, -0.15) is 0 Å². The molecule has 106 valence electrons. The summed E-state index contributed by atoms with van der Waals surface area (Å²) in [6, 6.07) is 0. The molecule has 0 aromatic heterocycles. The molecule has 2 atom stereocenters. The molecular formula is C12H22O6. The van der Waals surface area contributed by atoms with E-state index in [1.807, 2.05) is 0 Å². The van der Waals surface area contributed by atoms with Gasteiger partial charge < -0.3 is 19.7 Å². The van der Waals surface area contributed by atoms with Crippen LogP contribution in [-0.2, 0) is 19.1 Å². The number of hydrogen-bond acceptors (Lipinski definition) is 6. The minimum absolute atomic E-state index is 0.0105. The lowest BCUT2D eigenvalue weighted by Crippen LogP contribution is -2.14. The number of esters is 2. The van der Waals surface area contributed by atoms with Crippen LogP contribution in [0, 0.1) is 0 Å². The summed E-state index contributed by atoms with van der Waals surface area (Å²) < 4.78 is 9.69. The first-order chi connectivity index (χ1) is 8.41. The van der Waals surface area contributed by atoms with Crippen LogP contribution in [0.25, 0.3) is 0 Å². The number of carbonyl (C=O) groups excluding carboxylic acids is 2. The molecule has 0 aliphatic rings. The SMILES string of the molecule is CC(O)CC(=O)OCCCCOC(=O)CC(C)O. The molecule has 18 heavy (non-hydrogen) atoms. The molecule has 0 rings (SSSR count). The van der Waals surface area contributed by atoms with Crippen LogP contribution in [0.3, 0.4) is 0 Å². The van der Waals surface area contributed by atoms with E-state index < -0.39 is 24.1 Å². The minimum atomic E-state index is -0.695. The molecule has 0 heterocycles. The molecule has 0 fully saturated rings. The van der Waals surface area contributed by atoms with Crippen molar-refractivity contribution >= 4 is 11.9 Å². The van der Waals surface area contributed by atoms with Gasteiger partial charge >= 0.3 is 11.9 Å². The molecule has 0 amide bonds. The first kappa shape index (κ1) is 16.9. The summed E-state index contributed by atoms with van der Waals surface area (Å²) in [5, 5.41) is 17.8. The first-order valence-corrected chi connectivity index (χ1v) is 6.09. The van der Waals surface area contributed by atoms with Gasteiger partial charge in [-0.05, 0) is 26.7 Å². The van der Waals surface area contributed by atoms with Crippen LogP contribution in [0.1, 0.15) is 39.5 Å². The zero-order valence-corrected chi connectivity index (χ0v) is 10.9. The Balaban J connectivity index is 3.36. The van der Waals surface area contributed by atoms with E-state index in [-0.39, 0.29) is 26.1 Å². The summed E-state index contributed by atoms with van der Waals surface area (Å²) >= 11 is 0. The van der Waals surface area contributed by atoms with Crippen molar-refractivity contribution in [3.8, 4) is 0 Å². The molecule has 2 N–H and O–H groups in total. The van der Waals surface area contributed by atoms with E-state index in [0.717, 1.165) is 0 Å². The van der Waals surface area contributed by atoms with Crippen molar-refractivity contribution in [3.05, 3.63) is 0 Å². The number of rotatable bonds is 9. The van der Waals surface area contributed by atoms with Crippen molar-refractivity contribution in [1.29, 1.82) is 0 Å². The summed E-state index contributed by atoms with van der Waals surface area (Å²) in [5.41, 5.74) is 0. The maximum atomic E-state index is 11.0. The number of ether oxygens (including phenoxy) is 2. The van der Waals surface area contributed by atoms with E-state index in [1.54, 1.807) is 0 Å². The predicted molar refractivity (Wildman–Crippen MR) is 63.7 cm³/mol. The second-order valence-corrected chi connectivity index (χ2v) is 4.25. The average Bonchev–Trinajstić information content (AvgIpc) is 2.20. The maximum Gasteiger partial charge on any atom is 0.308 e. The molecule has 0 aromatic carbocycles. The molecule has 6 nitrogen and oxygen atoms in total. The molecule has 2 unspecified atom stereocenters. The highest BCUT2D eigenvalue weighted by Crippen LogP contribution is 1.98. The van der Waals surface area contributed by atoms with E-state index in [4.69, 9.17) is 19.7 Å². The average molecular weight is 262 g/mol. The van der Waals surface area contributed by atoms with E-state index in [1.165, 1.54) is 13.8 Å². The molecule has 0 aliphatic carbocycles. The Morgan fingerprint density at radius 2 is 1.22 bits per heavy atom. The lowest BCUT2D eigenvalue weighted by atomic mass is 10.3. The van der Waals surface area contributed by atoms with E-state index in [0.29, 0.717) is 12.8 Å². The number of unbranched alkanes of at least 4 members (excludes halogenated alkanes) is 1. The zero-order valence-electron chi connectivity index (χ0n) is 10.9. The van der Waals surface area contributed by atoms with Crippen LogP contribution in [0.15, 0.2) is 0 Å². The van der Waals surface area contributed by atoms with Gasteiger partial charge in [0, 0.05) is 0 Å². The summed E-state index contributed by atoms with van der Waals surface area (Å²) in [6.45, 7) is 3.53. The molecular weight excluding hydrogens is 240 g/mol. The zero-order chi connectivity index (χ0) is 14.0. The molecule has 0 saturated heterocycles. The Hall–Kier alpha value is -1.14. The van der Waals surface area contributed by atoms with Crippen LogP contribution in [0.4, 0.5) is 0 Å². The number of carbonyl (C=O) groups is 2. The van der Waals surface area contributed by atoms with Crippen molar-refractivity contribution in [2.75, 3.05) is 13.2 Å². The van der Waals surface area contributed by atoms with Crippen molar-refractivity contribution in [2.45, 2.75) is 51.7 Å². The largest absolute Gasteiger partial charge is 0.466 e. The molecule has 6 heteroatoms. The van der Waals surface area contributed by atoms with Crippen molar-refractivity contribution in [2.24, 2.45) is 0 Å². The molecule has 0 aliphatic heterocycles. The van der Waals surface area contributed by atoms with Crippen LogP contribution in [0.5, 0.6) is 0 Å². The summed E-state index contributed by atoms with van der Waals surface area (Å²) in [7, 11) is 0. The normalized spacial score (nSPS) is 13.8. The fraction of sp³-hybridized carbons (Fsp3) is 0.833. The van der Waals surface area contributed by atoms with Gasteiger partial charge in [-0.3, -0.25) is 9.59 Å². The topological polar surface area (TPSA) is 93.1 Å². The minimum Gasteiger partial charge on any atom is -0.466 e. The lowest BCUT2D eigenvalue weighted by molar-refractivity contribution is -0.148. The van der Waals surface area contributed by atoms with Gasteiger partial charge in [0.25, 0.3) is 0 Å². The highest BCUT2D eigenvalue weighted by Gasteiger charge is 2.08. The fourth-order valence-electron chi connectivity index (χ4n) is 1.18. The molecule has 0 aromatic rings. The smallest absolute Gasteiger partial charge is 0.308 e. The van der Waals surface area contributed by atoms with Crippen LogP contribution >= 0.6 is 0 Å². The summed E-state index contributed by atoms with van der Waals surface area (Å²) in [6.07, 6.45) is -0.230. The first-order valence-electron chi connectivity index (χ1n) is 6.09. The molecule has 0 saturated carbocycles. The van der Waals surface area contributed by atoms with Crippen LogP contribution in [-0.4, -0.2) is 47.6 Å². The Labute approximate surface area is 107 Å². The second-order valence-electron chi connectivity index (χ2n) is 4.25. The molecule has 0 radical (unpaired) electrons. The number of hydrogen-bond donors (Lipinski definition) is 2. The molecule has 0 spiro atoms. The van der Waals surface area contributed by atoms with Gasteiger partial charge in [0.05, 0.1) is 38.3 Å². The van der Waals surface area contributed by atoms with Gasteiger partial charge in [-0.15, -0.1) is 0 Å². The summed E-state index contributed by atoms with van der Waals surface area (Å²) in [4.78, 5) is 22.0. The summed E-state index contributed by atoms with van der Waals surface area (Å²) in [5.74, 6) is -0.868. The monoisotopic (exact) mass is 262 g/mol. The van der Waals surface area contributed by atoms with Crippen molar-refractivity contribution in [3.63, 3.8) is 0 Å². The number of aliphatic hydroxyl groups is 2. The van der Waals surface area contributed by atoms with E-state index in [9.17, 15) is 9.59 Å². The highest BCUT2D eigenvalue weighted by atomic mass is 16.5. The van der Waals surface area contributed by atoms with Gasteiger partial charge in [0.15, 0.2) is 0 Å².